The highest BCUT2D eigenvalue weighted by Gasteiger charge is 2.11. The number of hydrogen-bond acceptors (Lipinski definition) is 2. The Bertz CT molecular complexity index is 1040. The number of rotatable bonds is 2. The second-order valence-electron chi connectivity index (χ2n) is 5.51. The van der Waals surface area contributed by atoms with Crippen LogP contribution in [0, 0.1) is 0 Å². The number of para-hydroxylation sites is 1. The number of aromatic nitrogens is 1. The minimum atomic E-state index is -0.433. The van der Waals surface area contributed by atoms with E-state index >= 15 is 0 Å². The number of carbonyl (C=O) groups excluding carboxylic acids is 1. The molecule has 0 spiro atoms. The molecule has 3 heteroatoms. The van der Waals surface area contributed by atoms with Gasteiger partial charge in [0.15, 0.2) is 0 Å². The van der Waals surface area contributed by atoms with Crippen LogP contribution in [-0.4, -0.2) is 10.9 Å². The third kappa shape index (κ3) is 2.32. The normalized spacial score (nSPS) is 11.0. The van der Waals surface area contributed by atoms with Gasteiger partial charge in [-0.15, -0.1) is 0 Å². The van der Waals surface area contributed by atoms with Gasteiger partial charge in [0.05, 0.1) is 11.0 Å². The number of fused-ring (bicyclic) bond motifs is 2. The average molecular weight is 298 g/mol. The fourth-order valence-electron chi connectivity index (χ4n) is 2.87. The number of amides is 1. The van der Waals surface area contributed by atoms with Crippen LogP contribution in [0.15, 0.2) is 72.8 Å². The second kappa shape index (κ2) is 5.21. The molecule has 1 amide bonds. The molecule has 4 aromatic rings. The summed E-state index contributed by atoms with van der Waals surface area (Å²) in [6.07, 6.45) is 0. The number of benzene rings is 3. The van der Waals surface area contributed by atoms with Crippen molar-refractivity contribution in [2.75, 3.05) is 0 Å². The van der Waals surface area contributed by atoms with Crippen molar-refractivity contribution in [3.63, 3.8) is 0 Å². The molecular formula is C20H14N2O. The van der Waals surface area contributed by atoms with Crippen molar-refractivity contribution >= 4 is 27.7 Å². The minimum Gasteiger partial charge on any atom is -0.366 e. The van der Waals surface area contributed by atoms with Gasteiger partial charge < -0.3 is 5.73 Å². The first-order valence-corrected chi connectivity index (χ1v) is 7.41. The predicted octanol–water partition coefficient (Wildman–Crippen LogP) is 4.15. The number of carbonyl (C=O) groups is 1. The zero-order chi connectivity index (χ0) is 15.8. The molecule has 0 unspecified atom stereocenters. The Kier molecular flexibility index (Phi) is 3.05. The van der Waals surface area contributed by atoms with Gasteiger partial charge in [0.25, 0.3) is 0 Å². The van der Waals surface area contributed by atoms with Gasteiger partial charge in [0, 0.05) is 21.9 Å². The highest BCUT2D eigenvalue weighted by molar-refractivity contribution is 6.05. The smallest absolute Gasteiger partial charge is 0.248 e. The van der Waals surface area contributed by atoms with Crippen molar-refractivity contribution < 1.29 is 4.79 Å². The first kappa shape index (κ1) is 13.5. The lowest BCUT2D eigenvalue weighted by Gasteiger charge is -2.10. The summed E-state index contributed by atoms with van der Waals surface area (Å²) in [5.41, 5.74) is 9.74. The largest absolute Gasteiger partial charge is 0.366 e. The molecule has 0 aliphatic rings. The van der Waals surface area contributed by atoms with E-state index < -0.39 is 5.91 Å². The van der Waals surface area contributed by atoms with Gasteiger partial charge >= 0.3 is 0 Å². The second-order valence-corrected chi connectivity index (χ2v) is 5.51. The third-order valence-corrected chi connectivity index (χ3v) is 3.99. The molecule has 0 radical (unpaired) electrons. The maximum absolute atomic E-state index is 11.7. The van der Waals surface area contributed by atoms with E-state index in [-0.39, 0.29) is 0 Å². The molecule has 3 nitrogen and oxygen atoms in total. The molecule has 0 atom stereocenters. The van der Waals surface area contributed by atoms with Crippen LogP contribution in [0.5, 0.6) is 0 Å². The third-order valence-electron chi connectivity index (χ3n) is 3.99. The zero-order valence-corrected chi connectivity index (χ0v) is 12.4. The van der Waals surface area contributed by atoms with Crippen molar-refractivity contribution in [2.45, 2.75) is 0 Å². The fraction of sp³-hybridized carbons (Fsp3) is 0. The van der Waals surface area contributed by atoms with E-state index in [2.05, 4.69) is 6.07 Å². The summed E-state index contributed by atoms with van der Waals surface area (Å²) >= 11 is 0. The van der Waals surface area contributed by atoms with Gasteiger partial charge in [-0.25, -0.2) is 4.98 Å². The van der Waals surface area contributed by atoms with Crippen LogP contribution in [0.4, 0.5) is 0 Å². The molecule has 1 heterocycles. The van der Waals surface area contributed by atoms with Gasteiger partial charge in [0.2, 0.25) is 5.91 Å². The van der Waals surface area contributed by atoms with Crippen LogP contribution >= 0.6 is 0 Å². The molecule has 0 saturated heterocycles. The number of hydrogen-bond donors (Lipinski definition) is 1. The molecule has 4 rings (SSSR count). The van der Waals surface area contributed by atoms with Gasteiger partial charge in [0.1, 0.15) is 0 Å². The van der Waals surface area contributed by atoms with Crippen molar-refractivity contribution in [1.82, 2.24) is 4.98 Å². The Morgan fingerprint density at radius 2 is 1.57 bits per heavy atom. The topological polar surface area (TPSA) is 56.0 Å². The van der Waals surface area contributed by atoms with Crippen molar-refractivity contribution in [3.05, 3.63) is 78.4 Å². The minimum absolute atomic E-state index is 0.433. The summed E-state index contributed by atoms with van der Waals surface area (Å²) < 4.78 is 0. The predicted molar refractivity (Wildman–Crippen MR) is 93.2 cm³/mol. The van der Waals surface area contributed by atoms with Crippen molar-refractivity contribution in [3.8, 4) is 11.1 Å². The van der Waals surface area contributed by atoms with Crippen LogP contribution < -0.4 is 5.73 Å². The Balaban J connectivity index is 2.13. The van der Waals surface area contributed by atoms with Gasteiger partial charge in [-0.05, 0) is 29.8 Å². The van der Waals surface area contributed by atoms with Gasteiger partial charge in [-0.2, -0.15) is 0 Å². The lowest BCUT2D eigenvalue weighted by atomic mass is 9.97. The summed E-state index contributed by atoms with van der Waals surface area (Å²) in [4.78, 5) is 16.5. The summed E-state index contributed by atoms with van der Waals surface area (Å²) in [6.45, 7) is 0. The van der Waals surface area contributed by atoms with Crippen LogP contribution in [0.1, 0.15) is 10.4 Å². The highest BCUT2D eigenvalue weighted by atomic mass is 16.1. The van der Waals surface area contributed by atoms with E-state index in [1.165, 1.54) is 0 Å². The maximum Gasteiger partial charge on any atom is 0.248 e. The van der Waals surface area contributed by atoms with E-state index in [1.54, 1.807) is 0 Å². The quantitative estimate of drug-likeness (QED) is 0.565. The molecular weight excluding hydrogens is 284 g/mol. The molecule has 2 N–H and O–H groups in total. The molecule has 23 heavy (non-hydrogen) atoms. The van der Waals surface area contributed by atoms with Crippen LogP contribution in [0.25, 0.3) is 32.9 Å². The first-order valence-electron chi connectivity index (χ1n) is 7.41. The van der Waals surface area contributed by atoms with Crippen molar-refractivity contribution in [1.29, 1.82) is 0 Å². The van der Waals surface area contributed by atoms with Gasteiger partial charge in [-0.1, -0.05) is 48.5 Å². The summed E-state index contributed by atoms with van der Waals surface area (Å²) in [5.74, 6) is -0.433. The Labute approximate surface area is 133 Å². The molecule has 0 aliphatic heterocycles. The molecule has 110 valence electrons. The molecule has 0 saturated carbocycles. The molecule has 3 aromatic carbocycles. The van der Waals surface area contributed by atoms with Crippen LogP contribution in [0.3, 0.4) is 0 Å². The average Bonchev–Trinajstić information content (AvgIpc) is 2.59. The van der Waals surface area contributed by atoms with E-state index in [4.69, 9.17) is 10.7 Å². The van der Waals surface area contributed by atoms with Gasteiger partial charge in [-0.3, -0.25) is 4.79 Å². The number of pyridine rings is 1. The Hall–Kier alpha value is -3.20. The summed E-state index contributed by atoms with van der Waals surface area (Å²) in [6, 6.07) is 23.6. The summed E-state index contributed by atoms with van der Waals surface area (Å²) in [5, 5.41) is 1.96. The first-order chi connectivity index (χ1) is 11.2. The SMILES string of the molecule is NC(=O)c1cc(-c2ccccc2)c2nc3ccccc3cc2c1. The van der Waals surface area contributed by atoms with E-state index in [9.17, 15) is 4.79 Å². The number of nitrogens with two attached hydrogens (primary N) is 1. The Morgan fingerprint density at radius 3 is 2.35 bits per heavy atom. The van der Waals surface area contributed by atoms with Crippen LogP contribution in [0.2, 0.25) is 0 Å². The lowest BCUT2D eigenvalue weighted by Crippen LogP contribution is -2.11. The van der Waals surface area contributed by atoms with E-state index in [0.29, 0.717) is 5.56 Å². The monoisotopic (exact) mass is 298 g/mol. The molecule has 0 fully saturated rings. The van der Waals surface area contributed by atoms with Crippen molar-refractivity contribution in [2.24, 2.45) is 5.73 Å². The van der Waals surface area contributed by atoms with E-state index in [1.807, 2.05) is 66.7 Å². The Morgan fingerprint density at radius 1 is 0.826 bits per heavy atom. The summed E-state index contributed by atoms with van der Waals surface area (Å²) in [7, 11) is 0. The maximum atomic E-state index is 11.7. The standard InChI is InChI=1S/C20H14N2O/c21-20(23)16-11-15-10-14-8-4-5-9-18(14)22-19(15)17(12-16)13-6-2-1-3-7-13/h1-12H,(H2,21,23). The zero-order valence-electron chi connectivity index (χ0n) is 12.4. The molecule has 0 bridgehead atoms. The number of nitrogens with zero attached hydrogens (tertiary/aromatic N) is 1. The highest BCUT2D eigenvalue weighted by Crippen LogP contribution is 2.31. The van der Waals surface area contributed by atoms with Crippen LogP contribution in [-0.2, 0) is 0 Å². The molecule has 1 aromatic heterocycles. The number of primary amides is 1. The van der Waals surface area contributed by atoms with E-state index in [0.717, 1.165) is 32.9 Å². The lowest BCUT2D eigenvalue weighted by molar-refractivity contribution is 0.100. The fourth-order valence-corrected chi connectivity index (χ4v) is 2.87. The molecule has 0 aliphatic carbocycles.